The number of aryl methyl sites for hydroxylation is 1. The van der Waals surface area contributed by atoms with E-state index in [1.165, 1.54) is 31.4 Å². The molecule has 0 bridgehead atoms. The Hall–Kier alpha value is -3.70. The van der Waals surface area contributed by atoms with Crippen LogP contribution in [0.25, 0.3) is 10.8 Å². The standard InChI is InChI=1S/C25H19Cl2N3O6S/c1-13-7-9-18(24(21(13)27)37(33,34)35)29-30-22-16-6-4-3-5-14(16)11-17(23(22)31)25(32)28-19-12-15(26)8-10-20(19)36-2/h3-12,31H,1-2H3,(H,28,32)(H,33,34,35). The SMILES string of the molecule is COc1ccc(Cl)cc1NC(=O)c1cc2ccccc2c(N=Nc2ccc(C)c(Cl)c2S(=O)(=O)O)c1O. The molecule has 0 spiro atoms. The van der Waals surface area contributed by atoms with E-state index in [1.54, 1.807) is 43.3 Å². The van der Waals surface area contributed by atoms with Crippen molar-refractivity contribution in [3.8, 4) is 11.5 Å². The first kappa shape index (κ1) is 26.4. The molecule has 12 heteroatoms. The Labute approximate surface area is 222 Å². The Morgan fingerprint density at radius 2 is 1.76 bits per heavy atom. The smallest absolute Gasteiger partial charge is 0.298 e. The van der Waals surface area contributed by atoms with Gasteiger partial charge in [0.25, 0.3) is 16.0 Å². The average molecular weight is 560 g/mol. The number of amides is 1. The maximum Gasteiger partial charge on any atom is 0.298 e. The van der Waals surface area contributed by atoms with Gasteiger partial charge in [-0.1, -0.05) is 53.5 Å². The summed E-state index contributed by atoms with van der Waals surface area (Å²) in [5.41, 5.74) is 0.200. The highest BCUT2D eigenvalue weighted by molar-refractivity contribution is 7.86. The lowest BCUT2D eigenvalue weighted by Gasteiger charge is -2.13. The van der Waals surface area contributed by atoms with Crippen LogP contribution in [0, 0.1) is 6.92 Å². The van der Waals surface area contributed by atoms with Crippen LogP contribution in [0.4, 0.5) is 17.1 Å². The molecule has 1 amide bonds. The topological polar surface area (TPSA) is 138 Å². The highest BCUT2D eigenvalue weighted by atomic mass is 35.5. The fraction of sp³-hybridized carbons (Fsp3) is 0.0800. The first-order valence-electron chi connectivity index (χ1n) is 10.6. The number of hydrogen-bond donors (Lipinski definition) is 3. The number of hydrogen-bond acceptors (Lipinski definition) is 7. The summed E-state index contributed by atoms with van der Waals surface area (Å²) in [6, 6.07) is 15.8. The van der Waals surface area contributed by atoms with Crippen molar-refractivity contribution >= 4 is 67.1 Å². The Morgan fingerprint density at radius 3 is 2.46 bits per heavy atom. The zero-order valence-electron chi connectivity index (χ0n) is 19.4. The van der Waals surface area contributed by atoms with Gasteiger partial charge in [-0.3, -0.25) is 9.35 Å². The fourth-order valence-corrected chi connectivity index (χ4v) is 5.02. The van der Waals surface area contributed by atoms with Crippen molar-refractivity contribution in [3.05, 3.63) is 81.8 Å². The van der Waals surface area contributed by atoms with Crippen LogP contribution < -0.4 is 10.1 Å². The number of aromatic hydroxyl groups is 1. The molecule has 0 aromatic heterocycles. The van der Waals surface area contributed by atoms with E-state index in [4.69, 9.17) is 27.9 Å². The third-order valence-corrected chi connectivity index (χ3v) is 7.20. The van der Waals surface area contributed by atoms with Crippen molar-refractivity contribution in [3.63, 3.8) is 0 Å². The number of phenolic OH excluding ortho intramolecular Hbond substituents is 1. The van der Waals surface area contributed by atoms with Gasteiger partial charge in [0.15, 0.2) is 5.75 Å². The highest BCUT2D eigenvalue weighted by Crippen LogP contribution is 2.41. The molecule has 0 radical (unpaired) electrons. The van der Waals surface area contributed by atoms with E-state index in [1.807, 2.05) is 0 Å². The van der Waals surface area contributed by atoms with Gasteiger partial charge < -0.3 is 15.2 Å². The summed E-state index contributed by atoms with van der Waals surface area (Å²) < 4.78 is 38.9. The second-order valence-corrected chi connectivity index (χ2v) is 10.0. The molecule has 0 aliphatic rings. The summed E-state index contributed by atoms with van der Waals surface area (Å²) in [4.78, 5) is 12.6. The maximum atomic E-state index is 13.2. The number of halogens is 2. The molecule has 3 N–H and O–H groups in total. The predicted octanol–water partition coefficient (Wildman–Crippen LogP) is 7.08. The fourth-order valence-electron chi connectivity index (χ4n) is 3.63. The Bertz CT molecular complexity index is 1690. The van der Waals surface area contributed by atoms with Gasteiger partial charge >= 0.3 is 0 Å². The third kappa shape index (κ3) is 5.37. The number of azo groups is 1. The minimum Gasteiger partial charge on any atom is -0.505 e. The van der Waals surface area contributed by atoms with Crippen LogP contribution in [-0.4, -0.2) is 31.1 Å². The molecule has 37 heavy (non-hydrogen) atoms. The second kappa shape index (κ2) is 10.3. The van der Waals surface area contributed by atoms with Crippen molar-refractivity contribution in [2.45, 2.75) is 11.8 Å². The molecular formula is C25H19Cl2N3O6S. The van der Waals surface area contributed by atoms with E-state index in [-0.39, 0.29) is 27.6 Å². The van der Waals surface area contributed by atoms with Crippen LogP contribution in [0.15, 0.2) is 75.8 Å². The summed E-state index contributed by atoms with van der Waals surface area (Å²) in [6.07, 6.45) is 0. The van der Waals surface area contributed by atoms with Crippen LogP contribution in [0.5, 0.6) is 11.5 Å². The van der Waals surface area contributed by atoms with E-state index in [0.717, 1.165) is 0 Å². The molecule has 0 fully saturated rings. The minimum absolute atomic E-state index is 0.0979. The lowest BCUT2D eigenvalue weighted by molar-refractivity contribution is 0.102. The van der Waals surface area contributed by atoms with Crippen molar-refractivity contribution in [1.82, 2.24) is 0 Å². The molecule has 0 saturated heterocycles. The molecule has 4 rings (SSSR count). The molecule has 0 atom stereocenters. The number of anilines is 1. The average Bonchev–Trinajstić information content (AvgIpc) is 2.84. The largest absolute Gasteiger partial charge is 0.505 e. The lowest BCUT2D eigenvalue weighted by Crippen LogP contribution is -2.13. The lowest BCUT2D eigenvalue weighted by atomic mass is 10.0. The van der Waals surface area contributed by atoms with E-state index in [0.29, 0.717) is 27.1 Å². The van der Waals surface area contributed by atoms with Gasteiger partial charge in [0.05, 0.1) is 23.4 Å². The second-order valence-electron chi connectivity index (χ2n) is 7.86. The summed E-state index contributed by atoms with van der Waals surface area (Å²) in [7, 11) is -3.31. The monoisotopic (exact) mass is 559 g/mol. The van der Waals surface area contributed by atoms with Gasteiger partial charge in [-0.2, -0.15) is 8.42 Å². The van der Waals surface area contributed by atoms with Gasteiger partial charge in [-0.15, -0.1) is 10.2 Å². The Kier molecular flexibility index (Phi) is 7.37. The maximum absolute atomic E-state index is 13.2. The van der Waals surface area contributed by atoms with E-state index in [9.17, 15) is 22.9 Å². The van der Waals surface area contributed by atoms with E-state index < -0.39 is 26.7 Å². The molecule has 0 aliphatic carbocycles. The summed E-state index contributed by atoms with van der Waals surface area (Å²) in [5.74, 6) is -0.836. The van der Waals surface area contributed by atoms with Crippen molar-refractivity contribution in [2.24, 2.45) is 10.2 Å². The number of methoxy groups -OCH3 is 1. The van der Waals surface area contributed by atoms with E-state index in [2.05, 4.69) is 15.5 Å². The molecule has 0 heterocycles. The molecule has 0 saturated carbocycles. The quantitative estimate of drug-likeness (QED) is 0.170. The molecular weight excluding hydrogens is 541 g/mol. The number of phenols is 1. The van der Waals surface area contributed by atoms with Gasteiger partial charge in [-0.25, -0.2) is 0 Å². The molecule has 190 valence electrons. The first-order valence-corrected chi connectivity index (χ1v) is 12.8. The van der Waals surface area contributed by atoms with Crippen molar-refractivity contribution in [1.29, 1.82) is 0 Å². The Morgan fingerprint density at radius 1 is 1.03 bits per heavy atom. The zero-order chi connectivity index (χ0) is 26.9. The number of rotatable bonds is 6. The van der Waals surface area contributed by atoms with Crippen molar-refractivity contribution < 1.29 is 27.6 Å². The number of ether oxygens (including phenoxy) is 1. The molecule has 4 aromatic carbocycles. The number of fused-ring (bicyclic) bond motifs is 1. The Balaban J connectivity index is 1.85. The summed E-state index contributed by atoms with van der Waals surface area (Å²) in [5, 5.41) is 22.9. The number of carbonyl (C=O) groups is 1. The van der Waals surface area contributed by atoms with Crippen molar-refractivity contribution in [2.75, 3.05) is 12.4 Å². The zero-order valence-corrected chi connectivity index (χ0v) is 21.7. The van der Waals surface area contributed by atoms with Crippen LogP contribution in [0.2, 0.25) is 10.0 Å². The van der Waals surface area contributed by atoms with Gasteiger partial charge in [0.1, 0.15) is 22.0 Å². The molecule has 9 nitrogen and oxygen atoms in total. The van der Waals surface area contributed by atoms with Gasteiger partial charge in [0.2, 0.25) is 0 Å². The number of benzene rings is 4. The highest BCUT2D eigenvalue weighted by Gasteiger charge is 2.23. The summed E-state index contributed by atoms with van der Waals surface area (Å²) in [6.45, 7) is 1.56. The van der Waals surface area contributed by atoms with Crippen LogP contribution in [-0.2, 0) is 10.1 Å². The van der Waals surface area contributed by atoms with E-state index >= 15 is 0 Å². The van der Waals surface area contributed by atoms with Crippen LogP contribution in [0.3, 0.4) is 0 Å². The van der Waals surface area contributed by atoms with Gasteiger partial charge in [0, 0.05) is 10.4 Å². The molecule has 0 unspecified atom stereocenters. The normalized spacial score (nSPS) is 11.7. The third-order valence-electron chi connectivity index (χ3n) is 5.43. The predicted molar refractivity (Wildman–Crippen MR) is 142 cm³/mol. The van der Waals surface area contributed by atoms with Crippen LogP contribution >= 0.6 is 23.2 Å². The number of nitrogens with one attached hydrogen (secondary N) is 1. The van der Waals surface area contributed by atoms with Gasteiger partial charge in [-0.05, 0) is 48.2 Å². The first-order chi connectivity index (χ1) is 17.5. The summed E-state index contributed by atoms with van der Waals surface area (Å²) >= 11 is 12.2. The molecule has 0 aliphatic heterocycles. The minimum atomic E-state index is -4.74. The number of carbonyl (C=O) groups excluding carboxylic acids is 1. The number of nitrogens with zero attached hydrogens (tertiary/aromatic N) is 2. The van der Waals surface area contributed by atoms with Crippen LogP contribution in [0.1, 0.15) is 15.9 Å². The molecule has 4 aromatic rings.